The number of hydrogen-bond donors (Lipinski definition) is 2. The maximum atomic E-state index is 13.3. The summed E-state index contributed by atoms with van der Waals surface area (Å²) in [5, 5.41) is 17.0. The van der Waals surface area contributed by atoms with Gasteiger partial charge in [-0.25, -0.2) is 9.18 Å². The Labute approximate surface area is 170 Å². The molecular weight excluding hydrogens is 408 g/mol. The van der Waals surface area contributed by atoms with Crippen molar-refractivity contribution >= 4 is 11.7 Å². The third-order valence-corrected chi connectivity index (χ3v) is 4.49. The summed E-state index contributed by atoms with van der Waals surface area (Å²) < 4.78 is 50.2. The number of aliphatic carboxylic acids is 1. The molecule has 1 fully saturated rings. The van der Waals surface area contributed by atoms with Crippen molar-refractivity contribution in [2.75, 3.05) is 38.2 Å². The Kier molecular flexibility index (Phi) is 7.87. The number of benzene rings is 2. The number of anilines is 1. The minimum Gasteiger partial charge on any atom is -0.508 e. The monoisotopic (exact) mass is 430 g/mol. The number of carboxylic acid groups (broad SMARTS) is 1. The molecule has 2 N–H and O–H groups in total. The first-order chi connectivity index (χ1) is 14.1. The van der Waals surface area contributed by atoms with Gasteiger partial charge in [-0.05, 0) is 42.5 Å². The average molecular weight is 430 g/mol. The normalized spacial score (nSPS) is 14.6. The summed E-state index contributed by atoms with van der Waals surface area (Å²) >= 11 is 0. The summed E-state index contributed by atoms with van der Waals surface area (Å²) in [4.78, 5) is 13.4. The van der Waals surface area contributed by atoms with Crippen molar-refractivity contribution in [1.82, 2.24) is 4.90 Å². The standard InChI is InChI=1S/C18H21FN2O2.C2HF3O2/c1-23-17-5-3-16(4-6-17)21-10-8-20(9-11-21)13-14-12-15(19)2-7-18(14)22;3-2(4,5)1(6)7/h2-7,12,22H,8-11,13H2,1H3;(H,6,7). The molecule has 0 amide bonds. The SMILES string of the molecule is COc1ccc(N2CCN(Cc3cc(F)ccc3O)CC2)cc1.O=C(O)C(F)(F)F. The first-order valence-electron chi connectivity index (χ1n) is 8.99. The van der Waals surface area contributed by atoms with E-state index in [-0.39, 0.29) is 11.6 Å². The van der Waals surface area contributed by atoms with Crippen LogP contribution in [-0.4, -0.2) is 60.5 Å². The Balaban J connectivity index is 0.000000396. The van der Waals surface area contributed by atoms with Gasteiger partial charge in [0.05, 0.1) is 7.11 Å². The number of alkyl halides is 3. The highest BCUT2D eigenvalue weighted by Crippen LogP contribution is 2.23. The molecule has 0 saturated carbocycles. The van der Waals surface area contributed by atoms with E-state index in [1.165, 1.54) is 23.9 Å². The van der Waals surface area contributed by atoms with Crippen LogP contribution in [0.3, 0.4) is 0 Å². The van der Waals surface area contributed by atoms with E-state index < -0.39 is 12.1 Å². The molecule has 0 aliphatic carbocycles. The van der Waals surface area contributed by atoms with Gasteiger partial charge in [0.1, 0.15) is 17.3 Å². The summed E-state index contributed by atoms with van der Waals surface area (Å²) in [7, 11) is 1.66. The Morgan fingerprint density at radius 2 is 1.63 bits per heavy atom. The van der Waals surface area contributed by atoms with Gasteiger partial charge in [0, 0.05) is 44.0 Å². The van der Waals surface area contributed by atoms with Gasteiger partial charge in [-0.3, -0.25) is 4.90 Å². The van der Waals surface area contributed by atoms with Crippen LogP contribution in [0.15, 0.2) is 42.5 Å². The number of nitrogens with zero attached hydrogens (tertiary/aromatic N) is 2. The molecule has 2 aromatic rings. The maximum absolute atomic E-state index is 13.3. The van der Waals surface area contributed by atoms with Crippen molar-refractivity contribution in [3.8, 4) is 11.5 Å². The molecule has 0 bridgehead atoms. The number of phenolic OH excluding ortho intramolecular Hbond substituents is 1. The molecule has 0 atom stereocenters. The second kappa shape index (κ2) is 10.1. The van der Waals surface area contributed by atoms with Crippen molar-refractivity contribution in [3.63, 3.8) is 0 Å². The van der Waals surface area contributed by atoms with Crippen LogP contribution < -0.4 is 9.64 Å². The van der Waals surface area contributed by atoms with Crippen molar-refractivity contribution in [2.24, 2.45) is 0 Å². The number of rotatable bonds is 4. The van der Waals surface area contributed by atoms with Gasteiger partial charge in [-0.1, -0.05) is 0 Å². The fourth-order valence-corrected chi connectivity index (χ4v) is 2.88. The summed E-state index contributed by atoms with van der Waals surface area (Å²) in [6.07, 6.45) is -5.08. The van der Waals surface area contributed by atoms with E-state index in [0.717, 1.165) is 31.9 Å². The van der Waals surface area contributed by atoms with E-state index in [2.05, 4.69) is 21.9 Å². The number of aromatic hydroxyl groups is 1. The van der Waals surface area contributed by atoms with Crippen LogP contribution in [0.1, 0.15) is 5.56 Å². The number of carbonyl (C=O) groups is 1. The smallest absolute Gasteiger partial charge is 0.490 e. The fourth-order valence-electron chi connectivity index (χ4n) is 2.88. The molecule has 0 unspecified atom stereocenters. The zero-order valence-electron chi connectivity index (χ0n) is 16.2. The molecule has 1 aliphatic rings. The predicted octanol–water partition coefficient (Wildman–Crippen LogP) is 3.50. The number of phenols is 1. The molecule has 1 saturated heterocycles. The van der Waals surface area contributed by atoms with Crippen LogP contribution in [0.5, 0.6) is 11.5 Å². The van der Waals surface area contributed by atoms with Crippen molar-refractivity contribution in [3.05, 3.63) is 53.8 Å². The lowest BCUT2D eigenvalue weighted by Gasteiger charge is -2.36. The molecular formula is C20H22F4N2O4. The van der Waals surface area contributed by atoms with E-state index in [9.17, 15) is 22.7 Å². The Morgan fingerprint density at radius 1 is 1.07 bits per heavy atom. The fraction of sp³-hybridized carbons (Fsp3) is 0.350. The van der Waals surface area contributed by atoms with Gasteiger partial charge in [-0.2, -0.15) is 13.2 Å². The van der Waals surface area contributed by atoms with Gasteiger partial charge in [0.15, 0.2) is 0 Å². The summed E-state index contributed by atoms with van der Waals surface area (Å²) in [5.41, 5.74) is 1.82. The Hall–Kier alpha value is -3.01. The molecule has 10 heteroatoms. The lowest BCUT2D eigenvalue weighted by atomic mass is 10.1. The minimum atomic E-state index is -5.08. The first kappa shape index (κ1) is 23.3. The van der Waals surface area contributed by atoms with Crippen LogP contribution in [0.25, 0.3) is 0 Å². The zero-order chi connectivity index (χ0) is 22.3. The molecule has 0 aromatic heterocycles. The molecule has 6 nitrogen and oxygen atoms in total. The van der Waals surface area contributed by atoms with Crippen molar-refractivity contribution in [2.45, 2.75) is 12.7 Å². The van der Waals surface area contributed by atoms with Crippen molar-refractivity contribution in [1.29, 1.82) is 0 Å². The summed E-state index contributed by atoms with van der Waals surface area (Å²) in [5.74, 6) is -2.06. The first-order valence-corrected chi connectivity index (χ1v) is 8.99. The molecule has 1 heterocycles. The molecule has 2 aromatic carbocycles. The number of ether oxygens (including phenoxy) is 1. The highest BCUT2D eigenvalue weighted by atomic mass is 19.4. The van der Waals surface area contributed by atoms with E-state index >= 15 is 0 Å². The predicted molar refractivity (Wildman–Crippen MR) is 102 cm³/mol. The van der Waals surface area contributed by atoms with E-state index in [1.54, 1.807) is 7.11 Å². The third-order valence-electron chi connectivity index (χ3n) is 4.49. The highest BCUT2D eigenvalue weighted by Gasteiger charge is 2.38. The third kappa shape index (κ3) is 6.80. The maximum Gasteiger partial charge on any atom is 0.490 e. The van der Waals surface area contributed by atoms with Gasteiger partial charge >= 0.3 is 12.1 Å². The highest BCUT2D eigenvalue weighted by molar-refractivity contribution is 5.73. The molecule has 3 rings (SSSR count). The number of piperazine rings is 1. The Bertz CT molecular complexity index is 836. The molecule has 164 valence electrons. The second-order valence-corrected chi connectivity index (χ2v) is 6.54. The molecule has 0 radical (unpaired) electrons. The molecule has 0 spiro atoms. The van der Waals surface area contributed by atoms with Crippen LogP contribution >= 0.6 is 0 Å². The second-order valence-electron chi connectivity index (χ2n) is 6.54. The topological polar surface area (TPSA) is 73.2 Å². The van der Waals surface area contributed by atoms with Crippen LogP contribution in [0.2, 0.25) is 0 Å². The van der Waals surface area contributed by atoms with Crippen molar-refractivity contribution < 1.29 is 37.3 Å². The van der Waals surface area contributed by atoms with Gasteiger partial charge in [0.2, 0.25) is 0 Å². The van der Waals surface area contributed by atoms with Gasteiger partial charge in [0.25, 0.3) is 0 Å². The largest absolute Gasteiger partial charge is 0.508 e. The van der Waals surface area contributed by atoms with E-state index in [4.69, 9.17) is 14.6 Å². The lowest BCUT2D eigenvalue weighted by Crippen LogP contribution is -2.45. The quantitative estimate of drug-likeness (QED) is 0.724. The summed E-state index contributed by atoms with van der Waals surface area (Å²) in [6, 6.07) is 12.2. The number of hydrogen-bond acceptors (Lipinski definition) is 5. The Morgan fingerprint density at radius 3 is 2.13 bits per heavy atom. The lowest BCUT2D eigenvalue weighted by molar-refractivity contribution is -0.192. The zero-order valence-corrected chi connectivity index (χ0v) is 16.2. The molecule has 30 heavy (non-hydrogen) atoms. The van der Waals surface area contributed by atoms with Crippen LogP contribution in [-0.2, 0) is 11.3 Å². The van der Waals surface area contributed by atoms with Gasteiger partial charge < -0.3 is 19.8 Å². The van der Waals surface area contributed by atoms with E-state index in [0.29, 0.717) is 12.1 Å². The minimum absolute atomic E-state index is 0.156. The van der Waals surface area contributed by atoms with Gasteiger partial charge in [-0.15, -0.1) is 0 Å². The average Bonchev–Trinajstić information content (AvgIpc) is 2.71. The number of halogens is 4. The number of carboxylic acids is 1. The molecule has 1 aliphatic heterocycles. The van der Waals surface area contributed by atoms with Crippen LogP contribution in [0, 0.1) is 5.82 Å². The van der Waals surface area contributed by atoms with Crippen LogP contribution in [0.4, 0.5) is 23.2 Å². The number of methoxy groups -OCH3 is 1. The van der Waals surface area contributed by atoms with E-state index in [1.807, 2.05) is 12.1 Å². The summed E-state index contributed by atoms with van der Waals surface area (Å²) in [6.45, 7) is 4.13.